The largest absolute Gasteiger partial charge is 0.484 e. The van der Waals surface area contributed by atoms with Crippen LogP contribution in [0.3, 0.4) is 0 Å². The zero-order valence-corrected chi connectivity index (χ0v) is 11.3. The van der Waals surface area contributed by atoms with Crippen molar-refractivity contribution < 1.29 is 9.53 Å². The first kappa shape index (κ1) is 13.3. The van der Waals surface area contributed by atoms with E-state index >= 15 is 0 Å². The lowest BCUT2D eigenvalue weighted by Gasteiger charge is -2.03. The minimum atomic E-state index is -0.284. The highest BCUT2D eigenvalue weighted by Crippen LogP contribution is 2.12. The number of nitrogens with zero attached hydrogens (tertiary/aromatic N) is 1. The minimum Gasteiger partial charge on any atom is -0.484 e. The van der Waals surface area contributed by atoms with Gasteiger partial charge in [0.25, 0.3) is 5.91 Å². The van der Waals surface area contributed by atoms with Crippen molar-refractivity contribution in [1.29, 1.82) is 0 Å². The average Bonchev–Trinajstić information content (AvgIpc) is 2.83. The van der Waals surface area contributed by atoms with E-state index in [2.05, 4.69) is 10.5 Å². The molecule has 1 aromatic carbocycles. The smallest absolute Gasteiger partial charge is 0.277 e. The molecule has 19 heavy (non-hydrogen) atoms. The maximum absolute atomic E-state index is 11.5. The van der Waals surface area contributed by atoms with Crippen LogP contribution >= 0.6 is 11.3 Å². The molecule has 0 radical (unpaired) electrons. The fraction of sp³-hybridized carbons (Fsp3) is 0.143. The summed E-state index contributed by atoms with van der Waals surface area (Å²) >= 11 is 1.62. The third kappa shape index (κ3) is 4.56. The number of para-hydroxylation sites is 1. The Kier molecular flexibility index (Phi) is 4.69. The second-order valence-electron chi connectivity index (χ2n) is 3.84. The van der Waals surface area contributed by atoms with Crippen LogP contribution in [0.1, 0.15) is 9.75 Å². The highest BCUT2D eigenvalue weighted by molar-refractivity contribution is 7.13. The van der Waals surface area contributed by atoms with Gasteiger partial charge in [0.1, 0.15) is 5.75 Å². The molecule has 1 heterocycles. The minimum absolute atomic E-state index is 0.0508. The quantitative estimate of drug-likeness (QED) is 0.673. The summed E-state index contributed by atoms with van der Waals surface area (Å²) < 4.78 is 5.29. The molecule has 1 amide bonds. The van der Waals surface area contributed by atoms with E-state index in [0.29, 0.717) is 5.75 Å². The predicted molar refractivity (Wildman–Crippen MR) is 76.7 cm³/mol. The second kappa shape index (κ2) is 6.70. The van der Waals surface area contributed by atoms with Crippen molar-refractivity contribution >= 4 is 23.5 Å². The third-order valence-corrected chi connectivity index (χ3v) is 3.19. The summed E-state index contributed by atoms with van der Waals surface area (Å²) in [4.78, 5) is 13.7. The number of aryl methyl sites for hydroxylation is 1. The number of carbonyl (C=O) groups excluding carboxylic acids is 1. The lowest BCUT2D eigenvalue weighted by Crippen LogP contribution is -2.24. The summed E-state index contributed by atoms with van der Waals surface area (Å²) in [5.74, 6) is 0.379. The van der Waals surface area contributed by atoms with E-state index in [4.69, 9.17) is 4.74 Å². The number of benzene rings is 1. The second-order valence-corrected chi connectivity index (χ2v) is 5.16. The molecule has 98 valence electrons. The summed E-state index contributed by atoms with van der Waals surface area (Å²) in [7, 11) is 0. The van der Waals surface area contributed by atoms with Crippen molar-refractivity contribution in [2.75, 3.05) is 6.61 Å². The van der Waals surface area contributed by atoms with Gasteiger partial charge in [0.15, 0.2) is 6.61 Å². The summed E-state index contributed by atoms with van der Waals surface area (Å²) in [6, 6.07) is 13.1. The monoisotopic (exact) mass is 274 g/mol. The topological polar surface area (TPSA) is 50.7 Å². The Morgan fingerprint density at radius 2 is 2.11 bits per heavy atom. The molecular formula is C14H14N2O2S. The number of ether oxygens (including phenoxy) is 1. The van der Waals surface area contributed by atoms with Gasteiger partial charge in [0.2, 0.25) is 0 Å². The molecule has 0 atom stereocenters. The third-order valence-electron chi connectivity index (χ3n) is 2.26. The van der Waals surface area contributed by atoms with Crippen LogP contribution in [0.5, 0.6) is 5.75 Å². The van der Waals surface area contributed by atoms with Crippen LogP contribution in [-0.2, 0) is 4.79 Å². The highest BCUT2D eigenvalue weighted by atomic mass is 32.1. The number of amides is 1. The molecular weight excluding hydrogens is 260 g/mol. The van der Waals surface area contributed by atoms with Gasteiger partial charge >= 0.3 is 0 Å². The van der Waals surface area contributed by atoms with Gasteiger partial charge < -0.3 is 4.74 Å². The molecule has 2 aromatic rings. The molecule has 0 saturated heterocycles. The van der Waals surface area contributed by atoms with E-state index < -0.39 is 0 Å². The Labute approximate surface area is 115 Å². The Hall–Kier alpha value is -2.14. The molecule has 0 aliphatic carbocycles. The van der Waals surface area contributed by atoms with Crippen LogP contribution < -0.4 is 10.2 Å². The number of hydrogen-bond acceptors (Lipinski definition) is 4. The molecule has 0 unspecified atom stereocenters. The van der Waals surface area contributed by atoms with E-state index in [1.807, 2.05) is 37.3 Å². The van der Waals surface area contributed by atoms with Gasteiger partial charge in [-0.05, 0) is 31.2 Å². The van der Waals surface area contributed by atoms with E-state index in [9.17, 15) is 4.79 Å². The lowest BCUT2D eigenvalue weighted by atomic mass is 10.3. The van der Waals surface area contributed by atoms with Gasteiger partial charge in [-0.25, -0.2) is 5.43 Å². The summed E-state index contributed by atoms with van der Waals surface area (Å²) in [6.45, 7) is 1.97. The number of hydrogen-bond donors (Lipinski definition) is 1. The zero-order chi connectivity index (χ0) is 13.5. The Morgan fingerprint density at radius 1 is 1.32 bits per heavy atom. The number of nitrogens with one attached hydrogen (secondary N) is 1. The zero-order valence-electron chi connectivity index (χ0n) is 10.5. The molecule has 2 rings (SSSR count). The first-order valence-corrected chi connectivity index (χ1v) is 6.62. The SMILES string of the molecule is Cc1ccc(C=NNC(=O)COc2ccccc2)s1. The van der Waals surface area contributed by atoms with Crippen molar-refractivity contribution in [3.05, 3.63) is 52.2 Å². The number of carbonyl (C=O) groups is 1. The van der Waals surface area contributed by atoms with Gasteiger partial charge in [0, 0.05) is 9.75 Å². The average molecular weight is 274 g/mol. The van der Waals surface area contributed by atoms with Crippen LogP contribution in [0.2, 0.25) is 0 Å². The van der Waals surface area contributed by atoms with E-state index in [-0.39, 0.29) is 12.5 Å². The molecule has 0 aliphatic rings. The molecule has 1 aromatic heterocycles. The Balaban J connectivity index is 1.74. The van der Waals surface area contributed by atoms with Crippen molar-refractivity contribution in [2.45, 2.75) is 6.92 Å². The van der Waals surface area contributed by atoms with Gasteiger partial charge in [-0.2, -0.15) is 5.10 Å². The summed E-state index contributed by atoms with van der Waals surface area (Å²) in [5, 5.41) is 3.87. The van der Waals surface area contributed by atoms with Gasteiger partial charge in [-0.3, -0.25) is 4.79 Å². The number of rotatable bonds is 5. The molecule has 0 saturated carbocycles. The van der Waals surface area contributed by atoms with Gasteiger partial charge in [-0.1, -0.05) is 18.2 Å². The van der Waals surface area contributed by atoms with Crippen molar-refractivity contribution in [3.63, 3.8) is 0 Å². The van der Waals surface area contributed by atoms with E-state index in [1.165, 1.54) is 4.88 Å². The van der Waals surface area contributed by atoms with E-state index in [1.54, 1.807) is 29.7 Å². The van der Waals surface area contributed by atoms with Gasteiger partial charge in [0.05, 0.1) is 6.21 Å². The van der Waals surface area contributed by atoms with E-state index in [0.717, 1.165) is 4.88 Å². The van der Waals surface area contributed by atoms with Gasteiger partial charge in [-0.15, -0.1) is 11.3 Å². The van der Waals surface area contributed by atoms with Crippen LogP contribution in [-0.4, -0.2) is 18.7 Å². The normalized spacial score (nSPS) is 10.6. The summed E-state index contributed by atoms with van der Waals surface area (Å²) in [6.07, 6.45) is 1.62. The lowest BCUT2D eigenvalue weighted by molar-refractivity contribution is -0.123. The molecule has 1 N–H and O–H groups in total. The molecule has 0 spiro atoms. The predicted octanol–water partition coefficient (Wildman–Crippen LogP) is 2.59. The van der Waals surface area contributed by atoms with Crippen LogP contribution in [0, 0.1) is 6.92 Å². The maximum Gasteiger partial charge on any atom is 0.277 e. The molecule has 0 fully saturated rings. The summed E-state index contributed by atoms with van der Waals surface area (Å²) in [5.41, 5.74) is 2.42. The molecule has 0 bridgehead atoms. The van der Waals surface area contributed by atoms with Crippen LogP contribution in [0.15, 0.2) is 47.6 Å². The van der Waals surface area contributed by atoms with Crippen LogP contribution in [0.25, 0.3) is 0 Å². The standard InChI is InChI=1S/C14H14N2O2S/c1-11-7-8-13(19-11)9-15-16-14(17)10-18-12-5-3-2-4-6-12/h2-9H,10H2,1H3,(H,16,17). The van der Waals surface area contributed by atoms with Crippen molar-refractivity contribution in [1.82, 2.24) is 5.43 Å². The maximum atomic E-state index is 11.5. The first-order valence-electron chi connectivity index (χ1n) is 5.80. The fourth-order valence-corrected chi connectivity index (χ4v) is 2.14. The first-order chi connectivity index (χ1) is 9.24. The number of thiophene rings is 1. The molecule has 5 heteroatoms. The van der Waals surface area contributed by atoms with Crippen LogP contribution in [0.4, 0.5) is 0 Å². The Morgan fingerprint density at radius 3 is 2.79 bits per heavy atom. The number of hydrazone groups is 1. The highest BCUT2D eigenvalue weighted by Gasteiger charge is 2.00. The fourth-order valence-electron chi connectivity index (χ4n) is 1.39. The molecule has 4 nitrogen and oxygen atoms in total. The van der Waals surface area contributed by atoms with Crippen molar-refractivity contribution in [3.8, 4) is 5.75 Å². The van der Waals surface area contributed by atoms with Crippen molar-refractivity contribution in [2.24, 2.45) is 5.10 Å². The molecule has 0 aliphatic heterocycles. The Bertz CT molecular complexity index is 564.